The number of oxime groups is 1. The lowest BCUT2D eigenvalue weighted by Crippen LogP contribution is -2.42. The summed E-state index contributed by atoms with van der Waals surface area (Å²) in [4.78, 5) is 14.6. The molecule has 0 saturated carbocycles. The summed E-state index contributed by atoms with van der Waals surface area (Å²) < 4.78 is -1.87. The minimum Gasteiger partial charge on any atom is -0.398 e. The molecule has 0 aromatic carbocycles. The van der Waals surface area contributed by atoms with Crippen molar-refractivity contribution in [1.29, 1.82) is 0 Å². The van der Waals surface area contributed by atoms with E-state index in [-0.39, 0.29) is 5.84 Å². The van der Waals surface area contributed by atoms with Crippen molar-refractivity contribution in [2.75, 3.05) is 7.11 Å². The predicted molar refractivity (Wildman–Crippen MR) is 47.5 cm³/mol. The molecule has 0 atom stereocenters. The van der Waals surface area contributed by atoms with Crippen LogP contribution in [-0.2, 0) is 4.84 Å². The zero-order chi connectivity index (χ0) is 9.78. The number of hydrogen-bond donors (Lipinski definition) is 2. The third-order valence-electron chi connectivity index (χ3n) is 0.693. The van der Waals surface area contributed by atoms with Crippen LogP contribution in [-0.4, -0.2) is 22.8 Å². The van der Waals surface area contributed by atoms with Crippen LogP contribution in [0.25, 0.3) is 0 Å². The number of nitrogens with two attached hydrogens (primary N) is 1. The number of alkyl halides is 3. The van der Waals surface area contributed by atoms with Gasteiger partial charge in [0.2, 0.25) is 5.84 Å². The van der Waals surface area contributed by atoms with E-state index < -0.39 is 9.82 Å². The Morgan fingerprint density at radius 3 is 2.33 bits per heavy atom. The first-order valence-electron chi connectivity index (χ1n) is 2.62. The van der Waals surface area contributed by atoms with E-state index in [0.717, 1.165) is 0 Å². The normalized spacial score (nSPS) is 12.5. The van der Waals surface area contributed by atoms with Crippen molar-refractivity contribution in [2.24, 2.45) is 10.9 Å². The molecule has 0 aromatic rings. The molecule has 0 aliphatic carbocycles. The molecule has 0 fully saturated rings. The number of amides is 2. The topological polar surface area (TPSA) is 76.7 Å². The Labute approximate surface area is 83.8 Å². The Hall–Kier alpha value is -0.390. The van der Waals surface area contributed by atoms with Gasteiger partial charge in [-0.25, -0.2) is 4.79 Å². The van der Waals surface area contributed by atoms with Crippen molar-refractivity contribution in [3.8, 4) is 0 Å². The third kappa shape index (κ3) is 4.48. The molecule has 0 spiro atoms. The van der Waals surface area contributed by atoms with Crippen LogP contribution in [0.1, 0.15) is 0 Å². The van der Waals surface area contributed by atoms with Gasteiger partial charge in [0.15, 0.2) is 0 Å². The van der Waals surface area contributed by atoms with Gasteiger partial charge in [0.05, 0.1) is 0 Å². The quantitative estimate of drug-likeness (QED) is 0.307. The van der Waals surface area contributed by atoms with Crippen LogP contribution >= 0.6 is 34.8 Å². The number of carbonyl (C=O) groups is 1. The summed E-state index contributed by atoms with van der Waals surface area (Å²) in [6.45, 7) is 0. The molecule has 0 rings (SSSR count). The SMILES string of the molecule is CO/N=C(/NC(N)=O)C(Cl)(Cl)Cl. The molecule has 0 bridgehead atoms. The van der Waals surface area contributed by atoms with Gasteiger partial charge >= 0.3 is 6.03 Å². The molecule has 12 heavy (non-hydrogen) atoms. The van der Waals surface area contributed by atoms with E-state index in [9.17, 15) is 4.79 Å². The highest BCUT2D eigenvalue weighted by Gasteiger charge is 2.30. The van der Waals surface area contributed by atoms with E-state index in [4.69, 9.17) is 40.5 Å². The molecule has 70 valence electrons. The van der Waals surface area contributed by atoms with E-state index in [1.54, 1.807) is 0 Å². The van der Waals surface area contributed by atoms with Crippen LogP contribution < -0.4 is 11.1 Å². The molecule has 0 heterocycles. The zero-order valence-corrected chi connectivity index (χ0v) is 8.24. The second-order valence-corrected chi connectivity index (χ2v) is 3.89. The van der Waals surface area contributed by atoms with Gasteiger partial charge in [0, 0.05) is 0 Å². The molecular formula is C4H6Cl3N3O2. The van der Waals surface area contributed by atoms with Crippen molar-refractivity contribution in [2.45, 2.75) is 3.79 Å². The van der Waals surface area contributed by atoms with Gasteiger partial charge in [-0.05, 0) is 0 Å². The maximum absolute atomic E-state index is 10.3. The summed E-state index contributed by atoms with van der Waals surface area (Å²) in [5.74, 6) is -0.289. The van der Waals surface area contributed by atoms with Gasteiger partial charge in [0.25, 0.3) is 3.79 Å². The van der Waals surface area contributed by atoms with Gasteiger partial charge in [-0.1, -0.05) is 40.0 Å². The third-order valence-corrected chi connectivity index (χ3v) is 1.23. The highest BCUT2D eigenvalue weighted by Crippen LogP contribution is 2.26. The van der Waals surface area contributed by atoms with Gasteiger partial charge in [0.1, 0.15) is 7.11 Å². The van der Waals surface area contributed by atoms with Crippen LogP contribution in [0.4, 0.5) is 4.79 Å². The molecule has 0 radical (unpaired) electrons. The number of nitrogens with zero attached hydrogens (tertiary/aromatic N) is 1. The number of amidine groups is 1. The van der Waals surface area contributed by atoms with Crippen molar-refractivity contribution in [3.63, 3.8) is 0 Å². The van der Waals surface area contributed by atoms with E-state index >= 15 is 0 Å². The largest absolute Gasteiger partial charge is 0.398 e. The minimum absolute atomic E-state index is 0.289. The number of primary amides is 1. The van der Waals surface area contributed by atoms with E-state index in [1.807, 2.05) is 5.32 Å². The minimum atomic E-state index is -1.87. The predicted octanol–water partition coefficient (Wildman–Crippen LogP) is 0.985. The van der Waals surface area contributed by atoms with Crippen LogP contribution in [0.2, 0.25) is 0 Å². The van der Waals surface area contributed by atoms with E-state index in [1.165, 1.54) is 7.11 Å². The number of rotatable bonds is 1. The monoisotopic (exact) mass is 233 g/mol. The van der Waals surface area contributed by atoms with Crippen LogP contribution in [0.15, 0.2) is 5.16 Å². The summed E-state index contributed by atoms with van der Waals surface area (Å²) >= 11 is 16.1. The molecule has 8 heteroatoms. The van der Waals surface area contributed by atoms with Crippen LogP contribution in [0.5, 0.6) is 0 Å². The first-order chi connectivity index (χ1) is 5.38. The summed E-state index contributed by atoms with van der Waals surface area (Å²) in [6.07, 6.45) is 0. The maximum atomic E-state index is 10.3. The van der Waals surface area contributed by atoms with Gasteiger partial charge < -0.3 is 10.6 Å². The van der Waals surface area contributed by atoms with E-state index in [2.05, 4.69) is 9.99 Å². The Bertz CT molecular complexity index is 200. The Morgan fingerprint density at radius 2 is 2.08 bits per heavy atom. The summed E-state index contributed by atoms with van der Waals surface area (Å²) in [5, 5.41) is 5.23. The molecule has 5 nitrogen and oxygen atoms in total. The van der Waals surface area contributed by atoms with Gasteiger partial charge in [-0.2, -0.15) is 0 Å². The van der Waals surface area contributed by atoms with E-state index in [0.29, 0.717) is 0 Å². The fourth-order valence-electron chi connectivity index (χ4n) is 0.353. The zero-order valence-electron chi connectivity index (χ0n) is 5.97. The van der Waals surface area contributed by atoms with Gasteiger partial charge in [-0.3, -0.25) is 5.32 Å². The Kier molecular flexibility index (Phi) is 4.44. The average Bonchev–Trinajstić information content (AvgIpc) is 1.83. The lowest BCUT2D eigenvalue weighted by Gasteiger charge is -2.12. The number of urea groups is 1. The smallest absolute Gasteiger partial charge is 0.317 e. The number of halogens is 3. The van der Waals surface area contributed by atoms with Crippen molar-refractivity contribution in [3.05, 3.63) is 0 Å². The standard InChI is InChI=1S/C4H6Cl3N3O2/c1-12-10-2(4(5,6)7)9-3(8)11/h1H3,(H3,8,9,10,11). The molecule has 3 N–H and O–H groups in total. The Morgan fingerprint density at radius 1 is 1.58 bits per heavy atom. The van der Waals surface area contributed by atoms with Crippen LogP contribution in [0.3, 0.4) is 0 Å². The number of hydrogen-bond acceptors (Lipinski definition) is 3. The second-order valence-electron chi connectivity index (χ2n) is 1.61. The maximum Gasteiger partial charge on any atom is 0.317 e. The first-order valence-corrected chi connectivity index (χ1v) is 3.76. The lowest BCUT2D eigenvalue weighted by atomic mass is 10.6. The molecule has 2 amide bonds. The van der Waals surface area contributed by atoms with Crippen LogP contribution in [0, 0.1) is 0 Å². The van der Waals surface area contributed by atoms with Crippen molar-refractivity contribution in [1.82, 2.24) is 5.32 Å². The first kappa shape index (κ1) is 11.6. The summed E-state index contributed by atoms with van der Waals surface area (Å²) in [5.41, 5.74) is 4.76. The number of nitrogens with one attached hydrogen (secondary N) is 1. The lowest BCUT2D eigenvalue weighted by molar-refractivity contribution is 0.210. The van der Waals surface area contributed by atoms with Crippen molar-refractivity contribution >= 4 is 46.7 Å². The fourth-order valence-corrected chi connectivity index (χ4v) is 0.599. The van der Waals surface area contributed by atoms with Gasteiger partial charge in [-0.15, -0.1) is 0 Å². The molecule has 0 aliphatic rings. The summed E-state index contributed by atoms with van der Waals surface area (Å²) in [6, 6.07) is -0.892. The average molecular weight is 234 g/mol. The molecule has 0 saturated heterocycles. The van der Waals surface area contributed by atoms with Crippen molar-refractivity contribution < 1.29 is 9.63 Å². The Balaban J connectivity index is 4.46. The second kappa shape index (κ2) is 4.59. The molecule has 0 unspecified atom stereocenters. The number of carbonyl (C=O) groups excluding carboxylic acids is 1. The highest BCUT2D eigenvalue weighted by atomic mass is 35.6. The molecule has 0 aliphatic heterocycles. The fraction of sp³-hybridized carbons (Fsp3) is 0.500. The highest BCUT2D eigenvalue weighted by molar-refractivity contribution is 6.76. The molecular weight excluding hydrogens is 228 g/mol. The summed E-state index contributed by atoms with van der Waals surface area (Å²) in [7, 11) is 1.24. The molecule has 0 aromatic heterocycles.